The molecular weight excluding hydrogens is 340 g/mol. The van der Waals surface area contributed by atoms with Crippen molar-refractivity contribution < 1.29 is 4.79 Å². The fourth-order valence-electron chi connectivity index (χ4n) is 2.77. The zero-order valence-corrected chi connectivity index (χ0v) is 15.3. The molecule has 3 rings (SSSR count). The molecule has 3 aromatic carbocycles. The molecule has 0 spiro atoms. The Hall–Kier alpha value is -2.98. The molecule has 26 heavy (non-hydrogen) atoms. The molecule has 0 aliphatic heterocycles. The van der Waals surface area contributed by atoms with E-state index in [1.165, 1.54) is 6.08 Å². The SMILES string of the molecule is CC(NC(=S)NC(=O)C=Cc1cccc2ccccc12)c1ccccc1. The highest BCUT2D eigenvalue weighted by atomic mass is 32.1. The number of benzene rings is 3. The van der Waals surface area contributed by atoms with Crippen LogP contribution in [0.15, 0.2) is 78.9 Å². The summed E-state index contributed by atoms with van der Waals surface area (Å²) in [6.07, 6.45) is 3.31. The van der Waals surface area contributed by atoms with Crippen molar-refractivity contribution in [3.05, 3.63) is 90.0 Å². The van der Waals surface area contributed by atoms with E-state index in [4.69, 9.17) is 12.2 Å². The standard InChI is InChI=1S/C22H20N2OS/c1-16(17-8-3-2-4-9-17)23-22(26)24-21(25)15-14-19-12-7-11-18-10-5-6-13-20(18)19/h2-16H,1H3,(H2,23,24,25,26). The molecule has 130 valence electrons. The van der Waals surface area contributed by atoms with Gasteiger partial charge in [0.1, 0.15) is 0 Å². The molecule has 0 saturated heterocycles. The van der Waals surface area contributed by atoms with Crippen LogP contribution in [0.1, 0.15) is 24.1 Å². The molecule has 0 fully saturated rings. The fourth-order valence-corrected chi connectivity index (χ4v) is 3.05. The van der Waals surface area contributed by atoms with Crippen molar-refractivity contribution in [3.63, 3.8) is 0 Å². The van der Waals surface area contributed by atoms with Crippen molar-refractivity contribution >= 4 is 40.1 Å². The van der Waals surface area contributed by atoms with Crippen molar-refractivity contribution in [1.82, 2.24) is 10.6 Å². The van der Waals surface area contributed by atoms with Gasteiger partial charge in [-0.2, -0.15) is 0 Å². The monoisotopic (exact) mass is 360 g/mol. The number of hydrogen-bond acceptors (Lipinski definition) is 2. The Balaban J connectivity index is 1.61. The first kappa shape index (κ1) is 17.8. The van der Waals surface area contributed by atoms with Gasteiger partial charge in [-0.15, -0.1) is 0 Å². The van der Waals surface area contributed by atoms with E-state index in [0.717, 1.165) is 21.9 Å². The minimum Gasteiger partial charge on any atom is -0.356 e. The maximum Gasteiger partial charge on any atom is 0.250 e. The van der Waals surface area contributed by atoms with Gasteiger partial charge < -0.3 is 5.32 Å². The van der Waals surface area contributed by atoms with Crippen LogP contribution in [0.2, 0.25) is 0 Å². The lowest BCUT2D eigenvalue weighted by Crippen LogP contribution is -2.39. The lowest BCUT2D eigenvalue weighted by molar-refractivity contribution is -0.115. The minimum atomic E-state index is -0.254. The van der Waals surface area contributed by atoms with Gasteiger partial charge in [0, 0.05) is 6.08 Å². The van der Waals surface area contributed by atoms with Crippen LogP contribution in [-0.2, 0) is 4.79 Å². The van der Waals surface area contributed by atoms with Crippen LogP contribution >= 0.6 is 12.2 Å². The summed E-state index contributed by atoms with van der Waals surface area (Å²) in [4.78, 5) is 12.2. The average Bonchev–Trinajstić information content (AvgIpc) is 2.67. The van der Waals surface area contributed by atoms with Gasteiger partial charge in [0.25, 0.3) is 0 Å². The van der Waals surface area contributed by atoms with E-state index in [9.17, 15) is 4.79 Å². The number of nitrogens with one attached hydrogen (secondary N) is 2. The third kappa shape index (κ3) is 4.55. The molecule has 4 heteroatoms. The molecule has 0 aliphatic rings. The predicted octanol–water partition coefficient (Wildman–Crippen LogP) is 4.60. The van der Waals surface area contributed by atoms with Gasteiger partial charge in [0.15, 0.2) is 5.11 Å². The number of fused-ring (bicyclic) bond motifs is 1. The van der Waals surface area contributed by atoms with Crippen molar-refractivity contribution in [1.29, 1.82) is 0 Å². The van der Waals surface area contributed by atoms with Gasteiger partial charge in [-0.3, -0.25) is 10.1 Å². The van der Waals surface area contributed by atoms with Gasteiger partial charge in [-0.25, -0.2) is 0 Å². The van der Waals surface area contributed by atoms with E-state index in [1.807, 2.05) is 67.6 Å². The zero-order valence-electron chi connectivity index (χ0n) is 14.5. The van der Waals surface area contributed by atoms with Crippen LogP contribution in [0.25, 0.3) is 16.8 Å². The highest BCUT2D eigenvalue weighted by Crippen LogP contribution is 2.19. The molecule has 0 aromatic heterocycles. The van der Waals surface area contributed by atoms with Gasteiger partial charge in [-0.05, 0) is 47.1 Å². The summed E-state index contributed by atoms with van der Waals surface area (Å²) in [5.74, 6) is -0.254. The van der Waals surface area contributed by atoms with Crippen molar-refractivity contribution in [2.24, 2.45) is 0 Å². The number of thiocarbonyl (C=S) groups is 1. The molecule has 3 aromatic rings. The van der Waals surface area contributed by atoms with Crippen LogP contribution < -0.4 is 10.6 Å². The van der Waals surface area contributed by atoms with Crippen molar-refractivity contribution in [2.45, 2.75) is 13.0 Å². The van der Waals surface area contributed by atoms with E-state index in [1.54, 1.807) is 6.08 Å². The topological polar surface area (TPSA) is 41.1 Å². The quantitative estimate of drug-likeness (QED) is 0.527. The van der Waals surface area contributed by atoms with E-state index < -0.39 is 0 Å². The van der Waals surface area contributed by atoms with Gasteiger partial charge in [0.2, 0.25) is 5.91 Å². The summed E-state index contributed by atoms with van der Waals surface area (Å²) in [6, 6.07) is 24.1. The molecule has 1 amide bonds. The first-order valence-corrected chi connectivity index (χ1v) is 8.86. The first-order valence-electron chi connectivity index (χ1n) is 8.46. The van der Waals surface area contributed by atoms with Crippen molar-refractivity contribution in [2.75, 3.05) is 0 Å². The number of carbonyl (C=O) groups excluding carboxylic acids is 1. The summed E-state index contributed by atoms with van der Waals surface area (Å²) < 4.78 is 0. The molecular formula is C22H20N2OS. The second kappa shape index (κ2) is 8.41. The van der Waals surface area contributed by atoms with Crippen LogP contribution in [0.5, 0.6) is 0 Å². The van der Waals surface area contributed by atoms with Crippen molar-refractivity contribution in [3.8, 4) is 0 Å². The van der Waals surface area contributed by atoms with Gasteiger partial charge in [-0.1, -0.05) is 72.8 Å². The zero-order chi connectivity index (χ0) is 18.4. The summed E-state index contributed by atoms with van der Waals surface area (Å²) in [5, 5.41) is 8.38. The Kier molecular flexibility index (Phi) is 5.77. The third-order valence-corrected chi connectivity index (χ3v) is 4.34. The van der Waals surface area contributed by atoms with Crippen LogP contribution in [-0.4, -0.2) is 11.0 Å². The smallest absolute Gasteiger partial charge is 0.250 e. The molecule has 0 heterocycles. The number of carbonyl (C=O) groups is 1. The molecule has 0 saturated carbocycles. The normalized spacial score (nSPS) is 12.0. The largest absolute Gasteiger partial charge is 0.356 e. The van der Waals surface area contributed by atoms with Gasteiger partial charge in [0.05, 0.1) is 6.04 Å². The summed E-state index contributed by atoms with van der Waals surface area (Å²) in [6.45, 7) is 2.00. The maximum atomic E-state index is 12.2. The molecule has 1 unspecified atom stereocenters. The summed E-state index contributed by atoms with van der Waals surface area (Å²) >= 11 is 5.24. The Morgan fingerprint density at radius 1 is 0.962 bits per heavy atom. The maximum absolute atomic E-state index is 12.2. The molecule has 0 radical (unpaired) electrons. The molecule has 0 bridgehead atoms. The highest BCUT2D eigenvalue weighted by molar-refractivity contribution is 7.80. The second-order valence-corrected chi connectivity index (χ2v) is 6.41. The lowest BCUT2D eigenvalue weighted by Gasteiger charge is -2.16. The fraction of sp³-hybridized carbons (Fsp3) is 0.0909. The molecule has 0 aliphatic carbocycles. The average molecular weight is 360 g/mol. The van der Waals surface area contributed by atoms with E-state index in [2.05, 4.69) is 22.8 Å². The number of amides is 1. The molecule has 3 nitrogen and oxygen atoms in total. The molecule has 2 N–H and O–H groups in total. The van der Waals surface area contributed by atoms with Gasteiger partial charge >= 0.3 is 0 Å². The second-order valence-electron chi connectivity index (χ2n) is 6.00. The van der Waals surface area contributed by atoms with E-state index in [-0.39, 0.29) is 11.9 Å². The summed E-state index contributed by atoms with van der Waals surface area (Å²) in [5.41, 5.74) is 2.10. The third-order valence-electron chi connectivity index (χ3n) is 4.12. The number of rotatable bonds is 4. The predicted molar refractivity (Wildman–Crippen MR) is 112 cm³/mol. The van der Waals surface area contributed by atoms with Crippen LogP contribution in [0, 0.1) is 0 Å². The Labute approximate surface area is 158 Å². The summed E-state index contributed by atoms with van der Waals surface area (Å²) in [7, 11) is 0. The Morgan fingerprint density at radius 3 is 2.46 bits per heavy atom. The number of hydrogen-bond donors (Lipinski definition) is 2. The van der Waals surface area contributed by atoms with E-state index >= 15 is 0 Å². The Morgan fingerprint density at radius 2 is 1.65 bits per heavy atom. The van der Waals surface area contributed by atoms with Crippen LogP contribution in [0.4, 0.5) is 0 Å². The molecule has 1 atom stereocenters. The minimum absolute atomic E-state index is 0.0195. The highest BCUT2D eigenvalue weighted by Gasteiger charge is 2.07. The Bertz CT molecular complexity index is 945. The first-order chi connectivity index (χ1) is 12.6. The van der Waals surface area contributed by atoms with Crippen LogP contribution in [0.3, 0.4) is 0 Å². The lowest BCUT2D eigenvalue weighted by atomic mass is 10.0. The van der Waals surface area contributed by atoms with E-state index in [0.29, 0.717) is 5.11 Å².